The lowest BCUT2D eigenvalue weighted by molar-refractivity contribution is -0.385. The van der Waals surface area contributed by atoms with Crippen molar-refractivity contribution >= 4 is 21.6 Å². The van der Waals surface area contributed by atoms with Gasteiger partial charge in [-0.15, -0.1) is 0 Å². The lowest BCUT2D eigenvalue weighted by atomic mass is 10.3. The van der Waals surface area contributed by atoms with E-state index in [1.807, 2.05) is 0 Å². The molecule has 6 heteroatoms. The van der Waals surface area contributed by atoms with Gasteiger partial charge in [-0.2, -0.15) is 0 Å². The second-order valence-electron chi connectivity index (χ2n) is 2.42. The zero-order chi connectivity index (χ0) is 10.7. The molecule has 0 aliphatic carbocycles. The number of nitro groups is 1. The number of nitro benzene ring substituents is 1. The van der Waals surface area contributed by atoms with Crippen molar-refractivity contribution in [2.24, 2.45) is 0 Å². The van der Waals surface area contributed by atoms with Crippen LogP contribution in [0.3, 0.4) is 0 Å². The van der Waals surface area contributed by atoms with Gasteiger partial charge >= 0.3 is 0 Å². The van der Waals surface area contributed by atoms with Crippen molar-refractivity contribution in [3.8, 4) is 11.5 Å². The molecule has 1 rings (SSSR count). The molecule has 1 aromatic rings. The maximum Gasteiger partial charge on any atom is 0.287 e. The Bertz CT molecular complexity index is 367. The molecule has 0 bridgehead atoms. The third kappa shape index (κ3) is 1.95. The normalized spacial score (nSPS) is 9.64. The summed E-state index contributed by atoms with van der Waals surface area (Å²) in [5.41, 5.74) is -0.0531. The molecule has 0 N–H and O–H groups in total. The largest absolute Gasteiger partial charge is 0.493 e. The van der Waals surface area contributed by atoms with E-state index in [4.69, 9.17) is 9.47 Å². The summed E-state index contributed by atoms with van der Waals surface area (Å²) in [6, 6.07) is 2.81. The maximum absolute atomic E-state index is 10.6. The van der Waals surface area contributed by atoms with Crippen LogP contribution in [0.25, 0.3) is 0 Å². The zero-order valence-electron chi connectivity index (χ0n) is 7.61. The maximum atomic E-state index is 10.6. The highest BCUT2D eigenvalue weighted by molar-refractivity contribution is 9.10. The quantitative estimate of drug-likeness (QED) is 0.619. The number of nitrogens with zero attached hydrogens (tertiary/aromatic N) is 1. The van der Waals surface area contributed by atoms with Gasteiger partial charge in [-0.25, -0.2) is 0 Å². The summed E-state index contributed by atoms with van der Waals surface area (Å²) in [4.78, 5) is 10.1. The molecule has 0 aliphatic rings. The molecular formula is C8H8BrNO4. The van der Waals surface area contributed by atoms with Gasteiger partial charge in [-0.05, 0) is 15.9 Å². The van der Waals surface area contributed by atoms with E-state index in [0.717, 1.165) is 0 Å². The fourth-order valence-corrected chi connectivity index (χ4v) is 1.45. The summed E-state index contributed by atoms with van der Waals surface area (Å²) < 4.78 is 10.3. The van der Waals surface area contributed by atoms with Crippen LogP contribution in [0.5, 0.6) is 11.5 Å². The molecule has 0 fully saturated rings. The van der Waals surface area contributed by atoms with E-state index >= 15 is 0 Å². The van der Waals surface area contributed by atoms with E-state index in [1.54, 1.807) is 0 Å². The summed E-state index contributed by atoms with van der Waals surface area (Å²) in [6.45, 7) is 0. The molecular weight excluding hydrogens is 254 g/mol. The van der Waals surface area contributed by atoms with Crippen LogP contribution in [-0.2, 0) is 0 Å². The van der Waals surface area contributed by atoms with E-state index in [0.29, 0.717) is 16.0 Å². The van der Waals surface area contributed by atoms with Crippen molar-refractivity contribution in [1.29, 1.82) is 0 Å². The van der Waals surface area contributed by atoms with E-state index in [2.05, 4.69) is 15.9 Å². The first kappa shape index (κ1) is 10.8. The van der Waals surface area contributed by atoms with Crippen molar-refractivity contribution in [2.75, 3.05) is 14.2 Å². The van der Waals surface area contributed by atoms with Gasteiger partial charge in [-0.3, -0.25) is 10.1 Å². The molecule has 14 heavy (non-hydrogen) atoms. The molecule has 0 heterocycles. The van der Waals surface area contributed by atoms with Crippen molar-refractivity contribution in [2.45, 2.75) is 0 Å². The Balaban J connectivity index is 3.30. The molecule has 0 aliphatic heterocycles. The first-order chi connectivity index (χ1) is 6.60. The molecule has 0 amide bonds. The fourth-order valence-electron chi connectivity index (χ4n) is 0.983. The number of halogens is 1. The highest BCUT2D eigenvalue weighted by atomic mass is 79.9. The molecule has 1 aromatic carbocycles. The number of ether oxygens (including phenoxy) is 2. The van der Waals surface area contributed by atoms with Gasteiger partial charge in [0.15, 0.2) is 11.5 Å². The van der Waals surface area contributed by atoms with Gasteiger partial charge in [0.2, 0.25) is 0 Å². The number of methoxy groups -OCH3 is 2. The van der Waals surface area contributed by atoms with Gasteiger partial charge in [0.05, 0.1) is 29.7 Å². The molecule has 0 unspecified atom stereocenters. The average molecular weight is 262 g/mol. The van der Waals surface area contributed by atoms with Gasteiger partial charge in [0, 0.05) is 6.07 Å². The predicted octanol–water partition coefficient (Wildman–Crippen LogP) is 2.37. The Morgan fingerprint density at radius 1 is 1.29 bits per heavy atom. The highest BCUT2D eigenvalue weighted by Crippen LogP contribution is 2.37. The summed E-state index contributed by atoms with van der Waals surface area (Å²) in [6.07, 6.45) is 0. The molecule has 0 atom stereocenters. The van der Waals surface area contributed by atoms with Crippen LogP contribution >= 0.6 is 15.9 Å². The highest BCUT2D eigenvalue weighted by Gasteiger charge is 2.17. The number of hydrogen-bond acceptors (Lipinski definition) is 4. The molecule has 0 aromatic heterocycles. The first-order valence-electron chi connectivity index (χ1n) is 3.66. The van der Waals surface area contributed by atoms with Crippen LogP contribution < -0.4 is 9.47 Å². The smallest absolute Gasteiger partial charge is 0.287 e. The third-order valence-electron chi connectivity index (χ3n) is 1.65. The van der Waals surface area contributed by atoms with E-state index in [-0.39, 0.29) is 5.69 Å². The van der Waals surface area contributed by atoms with E-state index < -0.39 is 4.92 Å². The summed E-state index contributed by atoms with van der Waals surface area (Å²) >= 11 is 3.07. The molecule has 0 spiro atoms. The Labute approximate surface area is 88.9 Å². The van der Waals surface area contributed by atoms with E-state index in [1.165, 1.54) is 26.4 Å². The summed E-state index contributed by atoms with van der Waals surface area (Å²) in [5, 5.41) is 10.6. The standard InChI is InChI=1S/C8H8BrNO4/c1-13-7-3-5(9)6(10(11)12)4-8(7)14-2/h3-4H,1-2H3. The topological polar surface area (TPSA) is 61.6 Å². The summed E-state index contributed by atoms with van der Waals surface area (Å²) in [7, 11) is 2.89. The number of benzene rings is 1. The third-order valence-corrected chi connectivity index (χ3v) is 2.28. The second-order valence-corrected chi connectivity index (χ2v) is 3.27. The van der Waals surface area contributed by atoms with Crippen LogP contribution in [0, 0.1) is 10.1 Å². The van der Waals surface area contributed by atoms with E-state index in [9.17, 15) is 10.1 Å². The lowest BCUT2D eigenvalue weighted by Gasteiger charge is -2.07. The fraction of sp³-hybridized carbons (Fsp3) is 0.250. The van der Waals surface area contributed by atoms with Gasteiger partial charge < -0.3 is 9.47 Å². The van der Waals surface area contributed by atoms with Crippen LogP contribution in [-0.4, -0.2) is 19.1 Å². The van der Waals surface area contributed by atoms with Crippen LogP contribution in [0.4, 0.5) is 5.69 Å². The number of hydrogen-bond donors (Lipinski definition) is 0. The first-order valence-corrected chi connectivity index (χ1v) is 4.45. The number of rotatable bonds is 3. The second kappa shape index (κ2) is 4.28. The van der Waals surface area contributed by atoms with Crippen molar-refractivity contribution in [3.05, 3.63) is 26.7 Å². The van der Waals surface area contributed by atoms with Crippen LogP contribution in [0.15, 0.2) is 16.6 Å². The Morgan fingerprint density at radius 2 is 1.79 bits per heavy atom. The molecule has 76 valence electrons. The van der Waals surface area contributed by atoms with Gasteiger partial charge in [0.1, 0.15) is 0 Å². The molecule has 0 radical (unpaired) electrons. The summed E-state index contributed by atoms with van der Waals surface area (Å²) in [5.74, 6) is 0.785. The molecule has 0 saturated heterocycles. The molecule has 0 saturated carbocycles. The lowest BCUT2D eigenvalue weighted by Crippen LogP contribution is -1.94. The predicted molar refractivity (Wildman–Crippen MR) is 53.9 cm³/mol. The van der Waals surface area contributed by atoms with Crippen LogP contribution in [0.1, 0.15) is 0 Å². The van der Waals surface area contributed by atoms with Gasteiger partial charge in [-0.1, -0.05) is 0 Å². The minimum atomic E-state index is -0.494. The minimum absolute atomic E-state index is 0.0531. The monoisotopic (exact) mass is 261 g/mol. The Morgan fingerprint density at radius 3 is 2.21 bits per heavy atom. The Kier molecular flexibility index (Phi) is 3.29. The Hall–Kier alpha value is -1.30. The van der Waals surface area contributed by atoms with Crippen molar-refractivity contribution < 1.29 is 14.4 Å². The van der Waals surface area contributed by atoms with Crippen molar-refractivity contribution in [1.82, 2.24) is 0 Å². The SMILES string of the molecule is COc1cc(Br)c([N+](=O)[O-])cc1OC. The van der Waals surface area contributed by atoms with Crippen molar-refractivity contribution in [3.63, 3.8) is 0 Å². The molecule has 5 nitrogen and oxygen atoms in total. The van der Waals surface area contributed by atoms with Crippen LogP contribution in [0.2, 0.25) is 0 Å². The minimum Gasteiger partial charge on any atom is -0.493 e. The zero-order valence-corrected chi connectivity index (χ0v) is 9.20. The van der Waals surface area contributed by atoms with Gasteiger partial charge in [0.25, 0.3) is 5.69 Å². The average Bonchev–Trinajstić information content (AvgIpc) is 2.16.